The second kappa shape index (κ2) is 55.0. The van der Waals surface area contributed by atoms with Crippen LogP contribution in [-0.4, -0.2) is 46.9 Å². The van der Waals surface area contributed by atoms with Gasteiger partial charge < -0.3 is 20.3 Å². The molecule has 3 N–H and O–H groups in total. The lowest BCUT2D eigenvalue weighted by molar-refractivity contribution is -0.151. The van der Waals surface area contributed by atoms with Gasteiger partial charge in [0.2, 0.25) is 5.91 Å². The number of rotatable bonds is 51. The Bertz CT molecular complexity index is 1290. The molecule has 0 aromatic rings. The molecule has 0 heterocycles. The molecule has 0 aromatic heterocycles. The van der Waals surface area contributed by atoms with E-state index >= 15 is 0 Å². The van der Waals surface area contributed by atoms with Gasteiger partial charge in [0, 0.05) is 6.42 Å². The maximum atomic E-state index is 13.3. The van der Waals surface area contributed by atoms with Gasteiger partial charge in [0.15, 0.2) is 0 Å². The highest BCUT2D eigenvalue weighted by molar-refractivity contribution is 5.77. The number of esters is 1. The normalized spacial score (nSPS) is 13.8. The Balaban J connectivity index is 4.65. The van der Waals surface area contributed by atoms with Gasteiger partial charge in [-0.15, -0.1) is 0 Å². The van der Waals surface area contributed by atoms with Crippen LogP contribution in [0, 0.1) is 0 Å². The fourth-order valence-electron chi connectivity index (χ4n) is 8.37. The van der Waals surface area contributed by atoms with E-state index in [9.17, 15) is 19.8 Å². The van der Waals surface area contributed by atoms with Crippen molar-refractivity contribution in [3.05, 3.63) is 85.1 Å². The Morgan fingerprint density at radius 3 is 1.24 bits per heavy atom. The van der Waals surface area contributed by atoms with Gasteiger partial charge in [0.1, 0.15) is 6.10 Å². The average molecular weight is 949 g/mol. The second-order valence-electron chi connectivity index (χ2n) is 19.3. The minimum absolute atomic E-state index is 0.0514. The van der Waals surface area contributed by atoms with E-state index in [4.69, 9.17) is 4.74 Å². The Morgan fingerprint density at radius 1 is 0.441 bits per heavy atom. The van der Waals surface area contributed by atoms with Gasteiger partial charge in [-0.3, -0.25) is 9.59 Å². The lowest BCUT2D eigenvalue weighted by atomic mass is 10.0. The minimum atomic E-state index is -0.802. The van der Waals surface area contributed by atoms with Gasteiger partial charge in [-0.1, -0.05) is 241 Å². The van der Waals surface area contributed by atoms with Crippen molar-refractivity contribution in [1.82, 2.24) is 5.32 Å². The second-order valence-corrected chi connectivity index (χ2v) is 19.3. The molecule has 68 heavy (non-hydrogen) atoms. The van der Waals surface area contributed by atoms with Crippen molar-refractivity contribution in [3.63, 3.8) is 0 Å². The van der Waals surface area contributed by atoms with Gasteiger partial charge in [0.25, 0.3) is 0 Å². The summed E-state index contributed by atoms with van der Waals surface area (Å²) in [7, 11) is 0. The van der Waals surface area contributed by atoms with Crippen LogP contribution in [0.25, 0.3) is 0 Å². The molecule has 0 bridgehead atoms. The molecule has 0 aliphatic heterocycles. The van der Waals surface area contributed by atoms with Gasteiger partial charge in [0.05, 0.1) is 25.2 Å². The number of carbonyl (C=O) groups excluding carboxylic acids is 2. The number of ether oxygens (including phenoxy) is 1. The molecule has 392 valence electrons. The Labute approximate surface area is 421 Å². The molecule has 0 saturated heterocycles. The number of nitrogens with one attached hydrogen (secondary N) is 1. The summed E-state index contributed by atoms with van der Waals surface area (Å²) in [6, 6.07) is -0.718. The predicted octanol–water partition coefficient (Wildman–Crippen LogP) is 17.9. The van der Waals surface area contributed by atoms with Gasteiger partial charge in [-0.25, -0.2) is 0 Å². The molecule has 0 fully saturated rings. The number of hydrogen-bond acceptors (Lipinski definition) is 5. The SMILES string of the molecule is CC/C=C\C/C=C\C/C=C\C/C=C\C/C=C\CCCCCC(=O)OC(CCCCCCC/C=C\C/C=C\CCCCC)CC(=O)NC(CO)C(O)CCCCCCCCCCCCCCCCC. The van der Waals surface area contributed by atoms with Gasteiger partial charge in [-0.05, 0) is 103 Å². The summed E-state index contributed by atoms with van der Waals surface area (Å²) < 4.78 is 5.94. The molecule has 0 aliphatic carbocycles. The van der Waals surface area contributed by atoms with Crippen LogP contribution in [0.3, 0.4) is 0 Å². The van der Waals surface area contributed by atoms with Crippen molar-refractivity contribution < 1.29 is 24.5 Å². The number of amides is 1. The Hall–Kier alpha value is -2.96. The van der Waals surface area contributed by atoms with Crippen molar-refractivity contribution in [2.45, 2.75) is 289 Å². The standard InChI is InChI=1S/C62H109NO5/c1-4-7-10-13-16-19-22-25-28-29-30-31-34-37-40-43-46-49-52-55-62(67)68-58(53-50-47-44-41-38-35-32-26-23-20-17-14-11-8-5-2)56-61(66)63-59(57-64)60(65)54-51-48-45-42-39-36-33-27-24-21-18-15-12-9-6-3/h7,10,16-17,19-20,25-26,28,30-32,37,40,58-60,64-65H,4-6,8-9,11-15,18,21-24,27,29,33-36,38-39,41-57H2,1-3H3,(H,63,66)/b10-7-,19-16-,20-17-,28-25-,31-30-,32-26-,40-37-. The minimum Gasteiger partial charge on any atom is -0.462 e. The summed E-state index contributed by atoms with van der Waals surface area (Å²) >= 11 is 0. The van der Waals surface area contributed by atoms with E-state index in [-0.39, 0.29) is 24.9 Å². The highest BCUT2D eigenvalue weighted by Gasteiger charge is 2.24. The third-order valence-electron chi connectivity index (χ3n) is 12.7. The Kier molecular flexibility index (Phi) is 52.6. The Morgan fingerprint density at radius 2 is 0.794 bits per heavy atom. The average Bonchev–Trinajstić information content (AvgIpc) is 3.33. The lowest BCUT2D eigenvalue weighted by Gasteiger charge is -2.24. The van der Waals surface area contributed by atoms with E-state index in [0.29, 0.717) is 19.3 Å². The van der Waals surface area contributed by atoms with Crippen molar-refractivity contribution in [1.29, 1.82) is 0 Å². The number of carbonyl (C=O) groups is 2. The van der Waals surface area contributed by atoms with Crippen molar-refractivity contribution in [2.75, 3.05) is 6.61 Å². The molecule has 0 rings (SSSR count). The third kappa shape index (κ3) is 49.5. The number of allylic oxidation sites excluding steroid dienone is 14. The van der Waals surface area contributed by atoms with E-state index in [1.165, 1.54) is 109 Å². The molecule has 3 atom stereocenters. The first-order valence-corrected chi connectivity index (χ1v) is 28.8. The number of hydrogen-bond donors (Lipinski definition) is 3. The maximum Gasteiger partial charge on any atom is 0.306 e. The first-order chi connectivity index (χ1) is 33.5. The molecule has 0 aliphatic rings. The van der Waals surface area contributed by atoms with Crippen LogP contribution in [0.2, 0.25) is 0 Å². The zero-order chi connectivity index (χ0) is 49.5. The molecule has 0 aromatic carbocycles. The van der Waals surface area contributed by atoms with Crippen LogP contribution < -0.4 is 5.32 Å². The molecule has 0 saturated carbocycles. The molecular formula is C62H109NO5. The van der Waals surface area contributed by atoms with Crippen LogP contribution in [0.1, 0.15) is 271 Å². The third-order valence-corrected chi connectivity index (χ3v) is 12.7. The molecular weight excluding hydrogens is 839 g/mol. The molecule has 0 spiro atoms. The first kappa shape index (κ1) is 65.0. The van der Waals surface area contributed by atoms with E-state index in [2.05, 4.69) is 111 Å². The lowest BCUT2D eigenvalue weighted by Crippen LogP contribution is -2.46. The fraction of sp³-hybridized carbons (Fsp3) is 0.742. The molecule has 1 amide bonds. The highest BCUT2D eigenvalue weighted by atomic mass is 16.5. The van der Waals surface area contributed by atoms with E-state index < -0.39 is 18.2 Å². The number of unbranched alkanes of at least 4 members (excludes halogenated alkanes) is 25. The summed E-state index contributed by atoms with van der Waals surface area (Å²) in [6.45, 7) is 6.35. The summed E-state index contributed by atoms with van der Waals surface area (Å²) in [5.41, 5.74) is 0. The summed E-state index contributed by atoms with van der Waals surface area (Å²) in [6.07, 6.45) is 72.1. The molecule has 6 heteroatoms. The quantitative estimate of drug-likeness (QED) is 0.0321. The van der Waals surface area contributed by atoms with Crippen molar-refractivity contribution in [2.24, 2.45) is 0 Å². The first-order valence-electron chi connectivity index (χ1n) is 28.8. The predicted molar refractivity (Wildman–Crippen MR) is 296 cm³/mol. The zero-order valence-corrected chi connectivity index (χ0v) is 44.7. The molecule has 6 nitrogen and oxygen atoms in total. The zero-order valence-electron chi connectivity index (χ0n) is 44.7. The largest absolute Gasteiger partial charge is 0.462 e. The molecule has 0 radical (unpaired) electrons. The highest BCUT2D eigenvalue weighted by Crippen LogP contribution is 2.18. The molecule has 3 unspecified atom stereocenters. The van der Waals surface area contributed by atoms with Crippen LogP contribution in [0.5, 0.6) is 0 Å². The van der Waals surface area contributed by atoms with Gasteiger partial charge in [-0.2, -0.15) is 0 Å². The van der Waals surface area contributed by atoms with E-state index in [0.717, 1.165) is 116 Å². The van der Waals surface area contributed by atoms with Crippen molar-refractivity contribution in [3.8, 4) is 0 Å². The van der Waals surface area contributed by atoms with E-state index in [1.54, 1.807) is 0 Å². The summed E-state index contributed by atoms with van der Waals surface area (Å²) in [5.74, 6) is -0.524. The van der Waals surface area contributed by atoms with Crippen LogP contribution in [-0.2, 0) is 14.3 Å². The van der Waals surface area contributed by atoms with E-state index in [1.807, 2.05) is 0 Å². The topological polar surface area (TPSA) is 95.9 Å². The van der Waals surface area contributed by atoms with Crippen LogP contribution in [0.4, 0.5) is 0 Å². The number of aliphatic hydroxyl groups excluding tert-OH is 2. The smallest absolute Gasteiger partial charge is 0.306 e. The monoisotopic (exact) mass is 948 g/mol. The summed E-state index contributed by atoms with van der Waals surface area (Å²) in [5, 5.41) is 23.9. The maximum absolute atomic E-state index is 13.3. The number of aliphatic hydroxyl groups is 2. The fourth-order valence-corrected chi connectivity index (χ4v) is 8.37. The van der Waals surface area contributed by atoms with Crippen molar-refractivity contribution >= 4 is 11.9 Å². The van der Waals surface area contributed by atoms with Crippen LogP contribution >= 0.6 is 0 Å². The van der Waals surface area contributed by atoms with Crippen LogP contribution in [0.15, 0.2) is 85.1 Å². The summed E-state index contributed by atoms with van der Waals surface area (Å²) in [4.78, 5) is 26.3. The van der Waals surface area contributed by atoms with Gasteiger partial charge >= 0.3 is 5.97 Å².